The fourth-order valence-corrected chi connectivity index (χ4v) is 6.84. The molecule has 4 aliphatic heterocycles. The molecule has 0 aromatic rings. The van der Waals surface area contributed by atoms with Crippen LogP contribution in [0.1, 0.15) is 125 Å². The first-order valence-corrected chi connectivity index (χ1v) is 20.5. The molecule has 1 aliphatic carbocycles. The number of allylic oxidation sites excluding steroid dienone is 10. The summed E-state index contributed by atoms with van der Waals surface area (Å²) in [5, 5.41) is 0. The van der Waals surface area contributed by atoms with Crippen molar-refractivity contribution in [3.63, 3.8) is 0 Å². The number of hydrogen-bond acceptors (Lipinski definition) is 5. The Morgan fingerprint density at radius 3 is 1.15 bits per heavy atom. The summed E-state index contributed by atoms with van der Waals surface area (Å²) in [4.78, 5) is 20.5. The highest BCUT2D eigenvalue weighted by molar-refractivity contribution is 5.82. The Kier molecular flexibility index (Phi) is 26.9. The molecule has 0 N–H and O–H groups in total. The quantitative estimate of drug-likeness (QED) is 0.188. The van der Waals surface area contributed by atoms with Gasteiger partial charge in [-0.2, -0.15) is 0 Å². The zero-order valence-electron chi connectivity index (χ0n) is 34.4. The van der Waals surface area contributed by atoms with E-state index in [0.29, 0.717) is 11.7 Å². The number of rotatable bonds is 12. The molecule has 0 radical (unpaired) electrons. The number of nitrogens with zero attached hydrogens (tertiary/aromatic N) is 4. The molecule has 0 aromatic carbocycles. The van der Waals surface area contributed by atoms with Crippen molar-refractivity contribution in [2.24, 2.45) is 5.92 Å². The zero-order valence-corrected chi connectivity index (χ0v) is 34.4. The molecule has 5 aliphatic rings. The van der Waals surface area contributed by atoms with Crippen molar-refractivity contribution in [1.82, 2.24) is 19.6 Å². The second-order valence-corrected chi connectivity index (χ2v) is 14.3. The third-order valence-electron chi connectivity index (χ3n) is 10.2. The molecule has 0 amide bonds. The van der Waals surface area contributed by atoms with E-state index in [1.807, 2.05) is 13.0 Å². The van der Waals surface area contributed by atoms with Crippen LogP contribution in [0.15, 0.2) is 110 Å². The van der Waals surface area contributed by atoms with Crippen molar-refractivity contribution in [3.8, 4) is 0 Å². The molecule has 0 bridgehead atoms. The number of carbonyl (C=O) groups excluding carboxylic acids is 1. The molecular weight excluding hydrogens is 637 g/mol. The van der Waals surface area contributed by atoms with Gasteiger partial charge in [-0.05, 0) is 118 Å². The van der Waals surface area contributed by atoms with Gasteiger partial charge in [0.05, 0.1) is 0 Å². The van der Waals surface area contributed by atoms with E-state index in [-0.39, 0.29) is 0 Å². The van der Waals surface area contributed by atoms with Crippen molar-refractivity contribution < 1.29 is 4.79 Å². The topological polar surface area (TPSA) is 30.0 Å². The fourth-order valence-electron chi connectivity index (χ4n) is 6.84. The molecule has 1 saturated carbocycles. The minimum atomic E-state index is 0.358. The van der Waals surface area contributed by atoms with Crippen molar-refractivity contribution >= 4 is 5.78 Å². The van der Waals surface area contributed by atoms with Crippen LogP contribution in [0.2, 0.25) is 0 Å². The van der Waals surface area contributed by atoms with Gasteiger partial charge < -0.3 is 19.6 Å². The Morgan fingerprint density at radius 2 is 0.865 bits per heavy atom. The van der Waals surface area contributed by atoms with Gasteiger partial charge in [-0.25, -0.2) is 0 Å². The van der Waals surface area contributed by atoms with Gasteiger partial charge in [0.2, 0.25) is 0 Å². The van der Waals surface area contributed by atoms with Gasteiger partial charge in [-0.1, -0.05) is 87.1 Å². The average molecular weight is 715 g/mol. The Balaban J connectivity index is 0.000000325. The lowest BCUT2D eigenvalue weighted by molar-refractivity contribution is -0.120. The SMILES string of the molecule is C=C1CCCN1CC=CC.C=C1CCCN1CC=CC.C=C1CCCN1CCC=CC.C=C1CCCN1CCC=CC.CC=CCC1CCCC1=O. The standard InChI is InChI=1S/2C10H17N.2C9H15N.C9H14O/c2*1-3-4-5-8-11-9-6-7-10(11)2;2*1-3-4-7-10-8-5-6-9(10)2;1-2-3-5-8-6-4-7-9(8)10/h2*3-4H,2,5-9H2,1H3;2*3-4H,2,5-8H2,1H3;2-3,8H,4-7H2,1H3. The molecule has 5 heteroatoms. The predicted molar refractivity (Wildman–Crippen MR) is 230 cm³/mol. The highest BCUT2D eigenvalue weighted by Crippen LogP contribution is 2.24. The molecule has 0 spiro atoms. The number of Topliss-reactive ketones (excluding diaryl/α,β-unsaturated/α-hetero) is 1. The van der Waals surface area contributed by atoms with Gasteiger partial charge in [0.25, 0.3) is 0 Å². The average Bonchev–Trinajstić information content (AvgIpc) is 4.00. The van der Waals surface area contributed by atoms with Crippen LogP contribution in [0.5, 0.6) is 0 Å². The maximum atomic E-state index is 11.0. The first-order valence-electron chi connectivity index (χ1n) is 20.5. The lowest BCUT2D eigenvalue weighted by Crippen LogP contribution is -2.17. The van der Waals surface area contributed by atoms with Crippen molar-refractivity contribution in [1.29, 1.82) is 0 Å². The lowest BCUT2D eigenvalue weighted by atomic mass is 10.0. The molecule has 5 fully saturated rings. The minimum Gasteiger partial charge on any atom is -0.375 e. The van der Waals surface area contributed by atoms with Gasteiger partial charge >= 0.3 is 0 Å². The molecule has 52 heavy (non-hydrogen) atoms. The molecule has 1 atom stereocenters. The summed E-state index contributed by atoms with van der Waals surface area (Å²) in [6.45, 7) is 35.5. The van der Waals surface area contributed by atoms with Crippen LogP contribution < -0.4 is 0 Å². The van der Waals surface area contributed by atoms with Gasteiger partial charge in [-0.15, -0.1) is 0 Å². The van der Waals surface area contributed by atoms with Crippen molar-refractivity contribution in [2.45, 2.75) is 125 Å². The second kappa shape index (κ2) is 30.0. The van der Waals surface area contributed by atoms with Gasteiger partial charge in [0.15, 0.2) is 0 Å². The number of carbonyl (C=O) groups is 1. The third-order valence-corrected chi connectivity index (χ3v) is 10.2. The van der Waals surface area contributed by atoms with Gasteiger partial charge in [0, 0.05) is 87.5 Å². The van der Waals surface area contributed by atoms with Crippen LogP contribution in [0.25, 0.3) is 0 Å². The summed E-state index contributed by atoms with van der Waals surface area (Å²) in [6, 6.07) is 0. The van der Waals surface area contributed by atoms with E-state index < -0.39 is 0 Å². The Labute approximate surface area is 322 Å². The van der Waals surface area contributed by atoms with Crippen LogP contribution in [-0.2, 0) is 4.79 Å². The maximum absolute atomic E-state index is 11.0. The van der Waals surface area contributed by atoms with Crippen LogP contribution in [0, 0.1) is 5.92 Å². The smallest absolute Gasteiger partial charge is 0.136 e. The summed E-state index contributed by atoms with van der Waals surface area (Å²) in [5.41, 5.74) is 5.26. The minimum absolute atomic E-state index is 0.358. The van der Waals surface area contributed by atoms with E-state index in [2.05, 4.69) is 128 Å². The Hall–Kier alpha value is -3.47. The summed E-state index contributed by atoms with van der Waals surface area (Å²) in [6.07, 6.45) is 37.6. The van der Waals surface area contributed by atoms with E-state index in [4.69, 9.17) is 0 Å². The molecule has 4 heterocycles. The van der Waals surface area contributed by atoms with Crippen LogP contribution in [0.4, 0.5) is 0 Å². The Morgan fingerprint density at radius 1 is 0.500 bits per heavy atom. The molecule has 5 nitrogen and oxygen atoms in total. The highest BCUT2D eigenvalue weighted by atomic mass is 16.1. The van der Waals surface area contributed by atoms with Gasteiger partial charge in [0.1, 0.15) is 5.78 Å². The maximum Gasteiger partial charge on any atom is 0.136 e. The second-order valence-electron chi connectivity index (χ2n) is 14.3. The van der Waals surface area contributed by atoms with Crippen LogP contribution >= 0.6 is 0 Å². The summed E-state index contributed by atoms with van der Waals surface area (Å²) in [5.74, 6) is 0.828. The largest absolute Gasteiger partial charge is 0.375 e. The van der Waals surface area contributed by atoms with E-state index in [0.717, 1.165) is 64.7 Å². The molecular formula is C47H78N4O. The lowest BCUT2D eigenvalue weighted by Gasteiger charge is -2.17. The predicted octanol–water partition coefficient (Wildman–Crippen LogP) is 11.8. The first kappa shape index (κ1) is 46.6. The van der Waals surface area contributed by atoms with Crippen molar-refractivity contribution in [2.75, 3.05) is 52.4 Å². The van der Waals surface area contributed by atoms with E-state index in [9.17, 15) is 4.79 Å². The molecule has 5 rings (SSSR count). The van der Waals surface area contributed by atoms with Gasteiger partial charge in [-0.3, -0.25) is 4.79 Å². The monoisotopic (exact) mass is 715 g/mol. The zero-order chi connectivity index (χ0) is 38.4. The summed E-state index contributed by atoms with van der Waals surface area (Å²) in [7, 11) is 0. The summed E-state index contributed by atoms with van der Waals surface area (Å²) < 4.78 is 0. The Bertz CT molecular complexity index is 1060. The molecule has 292 valence electrons. The van der Waals surface area contributed by atoms with E-state index >= 15 is 0 Å². The van der Waals surface area contributed by atoms with Crippen LogP contribution in [-0.4, -0.2) is 77.7 Å². The molecule has 4 saturated heterocycles. The fraction of sp³-hybridized carbons (Fsp3) is 0.596. The van der Waals surface area contributed by atoms with E-state index in [1.165, 1.54) is 100 Å². The van der Waals surface area contributed by atoms with Crippen LogP contribution in [0.3, 0.4) is 0 Å². The third kappa shape index (κ3) is 20.5. The first-order chi connectivity index (χ1) is 25.2. The molecule has 0 aromatic heterocycles. The summed E-state index contributed by atoms with van der Waals surface area (Å²) >= 11 is 0. The number of hydrogen-bond donors (Lipinski definition) is 0. The number of ketones is 1. The van der Waals surface area contributed by atoms with E-state index in [1.54, 1.807) is 0 Å². The van der Waals surface area contributed by atoms with Crippen molar-refractivity contribution in [3.05, 3.63) is 110 Å². The number of likely N-dealkylation sites (tertiary alicyclic amines) is 4. The molecule has 1 unspecified atom stereocenters. The highest BCUT2D eigenvalue weighted by Gasteiger charge is 2.22. The normalized spacial score (nSPS) is 20.4.